The van der Waals surface area contributed by atoms with Crippen LogP contribution in [0.2, 0.25) is 0 Å². The van der Waals surface area contributed by atoms with Crippen LogP contribution in [0.5, 0.6) is 5.75 Å². The van der Waals surface area contributed by atoms with Crippen molar-refractivity contribution < 1.29 is 5.11 Å². The Balaban J connectivity index is 2.30. The van der Waals surface area contributed by atoms with E-state index in [1.165, 1.54) is 0 Å². The lowest BCUT2D eigenvalue weighted by Crippen LogP contribution is -1.84. The molecule has 16 heavy (non-hydrogen) atoms. The molecule has 0 radical (unpaired) electrons. The quantitative estimate of drug-likeness (QED) is 0.688. The highest BCUT2D eigenvalue weighted by molar-refractivity contribution is 7.08. The van der Waals surface area contributed by atoms with Crippen LogP contribution in [-0.4, -0.2) is 10.1 Å². The van der Waals surface area contributed by atoms with Gasteiger partial charge in [-0.15, -0.1) is 0 Å². The molecule has 78 valence electrons. The summed E-state index contributed by atoms with van der Waals surface area (Å²) >= 11 is 1.60. The normalized spacial score (nSPS) is 10.8. The van der Waals surface area contributed by atoms with E-state index in [2.05, 4.69) is 4.98 Å². The molecule has 0 spiro atoms. The topological polar surface area (TPSA) is 33.1 Å². The molecule has 0 saturated carbocycles. The van der Waals surface area contributed by atoms with Crippen LogP contribution in [0.4, 0.5) is 0 Å². The Morgan fingerprint density at radius 3 is 2.81 bits per heavy atom. The van der Waals surface area contributed by atoms with Crippen molar-refractivity contribution in [2.45, 2.75) is 0 Å². The number of thiophene rings is 1. The van der Waals surface area contributed by atoms with Gasteiger partial charge in [0.05, 0.1) is 5.52 Å². The number of benzene rings is 1. The van der Waals surface area contributed by atoms with Crippen LogP contribution in [0.1, 0.15) is 0 Å². The summed E-state index contributed by atoms with van der Waals surface area (Å²) < 4.78 is 0. The minimum absolute atomic E-state index is 0.233. The summed E-state index contributed by atoms with van der Waals surface area (Å²) in [4.78, 5) is 4.47. The molecule has 0 amide bonds. The van der Waals surface area contributed by atoms with Crippen LogP contribution in [0.3, 0.4) is 0 Å². The Morgan fingerprint density at radius 2 is 2.00 bits per heavy atom. The van der Waals surface area contributed by atoms with Crippen LogP contribution in [0.15, 0.2) is 47.2 Å². The van der Waals surface area contributed by atoms with Crippen molar-refractivity contribution in [1.29, 1.82) is 0 Å². The number of para-hydroxylation sites is 1. The first-order chi connectivity index (χ1) is 7.84. The first kappa shape index (κ1) is 9.36. The molecule has 2 nitrogen and oxygen atoms in total. The minimum atomic E-state index is 0.233. The molecule has 0 aliphatic carbocycles. The van der Waals surface area contributed by atoms with E-state index in [1.807, 2.05) is 41.1 Å². The highest BCUT2D eigenvalue weighted by Crippen LogP contribution is 2.31. The van der Waals surface area contributed by atoms with Gasteiger partial charge in [0.25, 0.3) is 0 Å². The van der Waals surface area contributed by atoms with Gasteiger partial charge in [-0.25, -0.2) is 4.98 Å². The SMILES string of the molecule is Oc1cc2ccccc2nc1-c1ccsc1. The third-order valence-electron chi connectivity index (χ3n) is 2.50. The fourth-order valence-corrected chi connectivity index (χ4v) is 2.36. The van der Waals surface area contributed by atoms with Gasteiger partial charge in [-0.3, -0.25) is 0 Å². The van der Waals surface area contributed by atoms with Gasteiger partial charge in [0.1, 0.15) is 11.4 Å². The van der Waals surface area contributed by atoms with Gasteiger partial charge in [-0.05, 0) is 23.6 Å². The summed E-state index contributed by atoms with van der Waals surface area (Å²) in [6.07, 6.45) is 0. The van der Waals surface area contributed by atoms with Crippen molar-refractivity contribution >= 4 is 22.2 Å². The molecule has 0 saturated heterocycles. The number of hydrogen-bond donors (Lipinski definition) is 1. The van der Waals surface area contributed by atoms with Gasteiger partial charge in [-0.2, -0.15) is 11.3 Å². The van der Waals surface area contributed by atoms with E-state index in [-0.39, 0.29) is 5.75 Å². The standard InChI is InChI=1S/C13H9NOS/c15-12-7-9-3-1-2-4-11(9)14-13(12)10-5-6-16-8-10/h1-8,15H. The maximum atomic E-state index is 9.92. The van der Waals surface area contributed by atoms with Crippen molar-refractivity contribution in [2.75, 3.05) is 0 Å². The third-order valence-corrected chi connectivity index (χ3v) is 3.18. The van der Waals surface area contributed by atoms with E-state index in [9.17, 15) is 5.11 Å². The Labute approximate surface area is 96.8 Å². The van der Waals surface area contributed by atoms with E-state index in [0.29, 0.717) is 5.69 Å². The van der Waals surface area contributed by atoms with E-state index < -0.39 is 0 Å². The van der Waals surface area contributed by atoms with Crippen molar-refractivity contribution in [1.82, 2.24) is 4.98 Å². The molecule has 0 fully saturated rings. The molecule has 0 aliphatic rings. The van der Waals surface area contributed by atoms with Crippen molar-refractivity contribution in [3.8, 4) is 17.0 Å². The monoisotopic (exact) mass is 227 g/mol. The lowest BCUT2D eigenvalue weighted by Gasteiger charge is -2.04. The number of fused-ring (bicyclic) bond motifs is 1. The maximum absolute atomic E-state index is 9.92. The van der Waals surface area contributed by atoms with Gasteiger partial charge in [0, 0.05) is 16.3 Å². The summed E-state index contributed by atoms with van der Waals surface area (Å²) in [6.45, 7) is 0. The predicted octanol–water partition coefficient (Wildman–Crippen LogP) is 3.67. The smallest absolute Gasteiger partial charge is 0.142 e. The maximum Gasteiger partial charge on any atom is 0.142 e. The minimum Gasteiger partial charge on any atom is -0.506 e. The zero-order valence-corrected chi connectivity index (χ0v) is 9.24. The summed E-state index contributed by atoms with van der Waals surface area (Å²) in [5, 5.41) is 14.8. The average molecular weight is 227 g/mol. The first-order valence-corrected chi connectivity index (χ1v) is 5.90. The Bertz CT molecular complexity index is 631. The van der Waals surface area contributed by atoms with E-state index in [4.69, 9.17) is 0 Å². The van der Waals surface area contributed by atoms with Gasteiger partial charge >= 0.3 is 0 Å². The second-order valence-electron chi connectivity index (χ2n) is 3.56. The Morgan fingerprint density at radius 1 is 1.12 bits per heavy atom. The van der Waals surface area contributed by atoms with Gasteiger partial charge in [0.15, 0.2) is 0 Å². The molecule has 0 atom stereocenters. The summed E-state index contributed by atoms with van der Waals surface area (Å²) in [7, 11) is 0. The second kappa shape index (κ2) is 3.61. The molecule has 1 aromatic carbocycles. The molecular weight excluding hydrogens is 218 g/mol. The number of pyridine rings is 1. The highest BCUT2D eigenvalue weighted by Gasteiger charge is 2.07. The number of hydrogen-bond acceptors (Lipinski definition) is 3. The zero-order chi connectivity index (χ0) is 11.0. The number of rotatable bonds is 1. The van der Waals surface area contributed by atoms with Crippen molar-refractivity contribution in [2.24, 2.45) is 0 Å². The first-order valence-electron chi connectivity index (χ1n) is 4.96. The van der Waals surface area contributed by atoms with Gasteiger partial charge in [0.2, 0.25) is 0 Å². The molecule has 3 rings (SSSR count). The summed E-state index contributed by atoms with van der Waals surface area (Å²) in [5.74, 6) is 0.233. The largest absolute Gasteiger partial charge is 0.506 e. The molecule has 2 heterocycles. The lowest BCUT2D eigenvalue weighted by molar-refractivity contribution is 0.476. The van der Waals surface area contributed by atoms with Crippen LogP contribution >= 0.6 is 11.3 Å². The van der Waals surface area contributed by atoms with Crippen molar-refractivity contribution in [3.05, 3.63) is 47.2 Å². The zero-order valence-electron chi connectivity index (χ0n) is 8.42. The van der Waals surface area contributed by atoms with E-state index in [0.717, 1.165) is 16.5 Å². The third kappa shape index (κ3) is 1.46. The van der Waals surface area contributed by atoms with Crippen LogP contribution in [0, 0.1) is 0 Å². The second-order valence-corrected chi connectivity index (χ2v) is 4.34. The number of nitrogens with zero attached hydrogens (tertiary/aromatic N) is 1. The molecule has 3 heteroatoms. The van der Waals surface area contributed by atoms with Gasteiger partial charge in [-0.1, -0.05) is 18.2 Å². The Kier molecular flexibility index (Phi) is 2.11. The fraction of sp³-hybridized carbons (Fsp3) is 0. The van der Waals surface area contributed by atoms with E-state index in [1.54, 1.807) is 17.4 Å². The number of aromatic nitrogens is 1. The van der Waals surface area contributed by atoms with Crippen LogP contribution in [-0.2, 0) is 0 Å². The molecule has 3 aromatic rings. The fourth-order valence-electron chi connectivity index (χ4n) is 1.72. The van der Waals surface area contributed by atoms with Crippen LogP contribution in [0.25, 0.3) is 22.2 Å². The summed E-state index contributed by atoms with van der Waals surface area (Å²) in [5.41, 5.74) is 2.52. The molecular formula is C13H9NOS. The molecule has 0 unspecified atom stereocenters. The molecule has 0 aliphatic heterocycles. The van der Waals surface area contributed by atoms with Gasteiger partial charge < -0.3 is 5.11 Å². The van der Waals surface area contributed by atoms with Crippen LogP contribution < -0.4 is 0 Å². The molecule has 2 aromatic heterocycles. The Hall–Kier alpha value is -1.87. The lowest BCUT2D eigenvalue weighted by atomic mass is 10.1. The summed E-state index contributed by atoms with van der Waals surface area (Å²) in [6, 6.07) is 11.5. The van der Waals surface area contributed by atoms with Crippen molar-refractivity contribution in [3.63, 3.8) is 0 Å². The number of aromatic hydroxyl groups is 1. The average Bonchev–Trinajstić information content (AvgIpc) is 2.81. The van der Waals surface area contributed by atoms with E-state index >= 15 is 0 Å². The predicted molar refractivity (Wildman–Crippen MR) is 66.7 cm³/mol. The highest BCUT2D eigenvalue weighted by atomic mass is 32.1. The molecule has 0 bridgehead atoms. The molecule has 1 N–H and O–H groups in total.